The molecule has 31 heavy (non-hydrogen) atoms. The fourth-order valence-electron chi connectivity index (χ4n) is 3.52. The number of halogens is 3. The molecule has 0 saturated heterocycles. The molecular formula is C21H19F3N6O. The molecule has 0 saturated carbocycles. The van der Waals surface area contributed by atoms with Crippen LogP contribution in [0.15, 0.2) is 42.4 Å². The van der Waals surface area contributed by atoms with Gasteiger partial charge in [0.25, 0.3) is 5.91 Å². The normalized spacial score (nSPS) is 14.2. The summed E-state index contributed by atoms with van der Waals surface area (Å²) < 4.78 is 43.3. The number of carbonyl (C=O) groups excluding carboxylic acids is 1. The molecule has 0 aliphatic carbocycles. The van der Waals surface area contributed by atoms with Crippen LogP contribution in [-0.4, -0.2) is 38.7 Å². The van der Waals surface area contributed by atoms with E-state index in [1.807, 2.05) is 11.8 Å². The molecule has 1 N–H and O–H groups in total. The van der Waals surface area contributed by atoms with Crippen molar-refractivity contribution < 1.29 is 18.0 Å². The van der Waals surface area contributed by atoms with Crippen LogP contribution < -0.4 is 10.2 Å². The van der Waals surface area contributed by atoms with Gasteiger partial charge in [0.1, 0.15) is 5.69 Å². The lowest BCUT2D eigenvalue weighted by molar-refractivity contribution is 0.102. The minimum atomic E-state index is -0.983. The summed E-state index contributed by atoms with van der Waals surface area (Å²) >= 11 is 0. The predicted molar refractivity (Wildman–Crippen MR) is 109 cm³/mol. The number of carbonyl (C=O) groups is 1. The average Bonchev–Trinajstić information content (AvgIpc) is 3.13. The molecule has 0 bridgehead atoms. The van der Waals surface area contributed by atoms with Gasteiger partial charge in [0, 0.05) is 26.3 Å². The summed E-state index contributed by atoms with van der Waals surface area (Å²) in [6.07, 6.45) is 3.84. The van der Waals surface area contributed by atoms with Crippen LogP contribution in [0, 0.1) is 17.5 Å². The zero-order chi connectivity index (χ0) is 22.1. The third kappa shape index (κ3) is 4.00. The lowest BCUT2D eigenvalue weighted by atomic mass is 9.98. The first-order chi connectivity index (χ1) is 14.8. The van der Waals surface area contributed by atoms with Gasteiger partial charge in [-0.05, 0) is 37.1 Å². The maximum absolute atomic E-state index is 14.2. The summed E-state index contributed by atoms with van der Waals surface area (Å²) in [6.45, 7) is 2.96. The maximum atomic E-state index is 14.2. The summed E-state index contributed by atoms with van der Waals surface area (Å²) in [5.74, 6) is -2.87. The van der Waals surface area contributed by atoms with E-state index >= 15 is 0 Å². The Bertz CT molecular complexity index is 1170. The highest BCUT2D eigenvalue weighted by Gasteiger charge is 2.25. The Kier molecular flexibility index (Phi) is 5.45. The summed E-state index contributed by atoms with van der Waals surface area (Å²) in [5.41, 5.74) is 2.02. The number of nitrogens with zero attached hydrogens (tertiary/aromatic N) is 5. The minimum absolute atomic E-state index is 0.00504. The molecule has 160 valence electrons. The lowest BCUT2D eigenvalue weighted by Crippen LogP contribution is -2.32. The molecule has 1 amide bonds. The van der Waals surface area contributed by atoms with E-state index in [-0.39, 0.29) is 11.5 Å². The smallest absolute Gasteiger partial charge is 0.276 e. The molecule has 1 aliphatic heterocycles. The van der Waals surface area contributed by atoms with E-state index in [2.05, 4.69) is 20.4 Å². The minimum Gasteiger partial charge on any atom is -0.349 e. The Balaban J connectivity index is 1.61. The topological polar surface area (TPSA) is 75.9 Å². The molecule has 0 unspecified atom stereocenters. The van der Waals surface area contributed by atoms with Crippen molar-refractivity contribution in [1.29, 1.82) is 0 Å². The Morgan fingerprint density at radius 3 is 2.61 bits per heavy atom. The van der Waals surface area contributed by atoms with E-state index in [0.29, 0.717) is 25.2 Å². The Morgan fingerprint density at radius 2 is 1.90 bits per heavy atom. The van der Waals surface area contributed by atoms with Gasteiger partial charge < -0.3 is 10.2 Å². The first kappa shape index (κ1) is 20.6. The van der Waals surface area contributed by atoms with Crippen molar-refractivity contribution in [2.45, 2.75) is 13.3 Å². The van der Waals surface area contributed by atoms with Gasteiger partial charge >= 0.3 is 0 Å². The van der Waals surface area contributed by atoms with Crippen molar-refractivity contribution >= 4 is 23.0 Å². The molecule has 4 heterocycles. The standard InChI is InChI=1S/C21H19F3N6O/c1-12-5-7-30(20-14(22)4-3-6-26-20)11-13(12)18-8-17(28-29(18)2)21(31)27-19-15(23)9-25-10-16(19)24/h3-4,6,8-10H,5,7,11H2,1-2H3,(H,25,27,31). The SMILES string of the molecule is CC1=C(c2cc(C(=O)Nc3c(F)cncc3F)nn2C)CN(c2ncccc2F)CC1. The van der Waals surface area contributed by atoms with E-state index < -0.39 is 29.0 Å². The van der Waals surface area contributed by atoms with Crippen LogP contribution in [0.4, 0.5) is 24.7 Å². The Hall–Kier alpha value is -3.69. The third-order valence-electron chi connectivity index (χ3n) is 5.17. The molecule has 0 fully saturated rings. The van der Waals surface area contributed by atoms with Gasteiger partial charge in [-0.3, -0.25) is 14.5 Å². The van der Waals surface area contributed by atoms with Crippen LogP contribution in [0.3, 0.4) is 0 Å². The van der Waals surface area contributed by atoms with Crippen LogP contribution in [-0.2, 0) is 7.05 Å². The molecule has 3 aromatic rings. The van der Waals surface area contributed by atoms with Crippen molar-refractivity contribution in [2.75, 3.05) is 23.3 Å². The molecule has 7 nitrogen and oxygen atoms in total. The number of anilines is 2. The molecular weight excluding hydrogens is 409 g/mol. The molecule has 0 radical (unpaired) electrons. The molecule has 3 aromatic heterocycles. The van der Waals surface area contributed by atoms with Gasteiger partial charge in [-0.2, -0.15) is 5.10 Å². The van der Waals surface area contributed by atoms with E-state index in [0.717, 1.165) is 23.5 Å². The van der Waals surface area contributed by atoms with Crippen molar-refractivity contribution in [3.63, 3.8) is 0 Å². The molecule has 1 aliphatic rings. The number of nitrogens with one attached hydrogen (secondary N) is 1. The van der Waals surface area contributed by atoms with Crippen LogP contribution in [0.2, 0.25) is 0 Å². The molecule has 10 heteroatoms. The molecule has 0 spiro atoms. The number of pyridine rings is 2. The van der Waals surface area contributed by atoms with Crippen LogP contribution >= 0.6 is 0 Å². The van der Waals surface area contributed by atoms with Crippen LogP contribution in [0.25, 0.3) is 5.57 Å². The van der Waals surface area contributed by atoms with Gasteiger partial charge in [0.15, 0.2) is 29.0 Å². The number of rotatable bonds is 4. The second-order valence-electron chi connectivity index (χ2n) is 7.21. The van der Waals surface area contributed by atoms with Crippen LogP contribution in [0.5, 0.6) is 0 Å². The second-order valence-corrected chi connectivity index (χ2v) is 7.21. The summed E-state index contributed by atoms with van der Waals surface area (Å²) in [6, 6.07) is 4.44. The highest BCUT2D eigenvalue weighted by Crippen LogP contribution is 2.30. The lowest BCUT2D eigenvalue weighted by Gasteiger charge is -2.31. The fourth-order valence-corrected chi connectivity index (χ4v) is 3.52. The first-order valence-corrected chi connectivity index (χ1v) is 9.54. The summed E-state index contributed by atoms with van der Waals surface area (Å²) in [7, 11) is 1.67. The predicted octanol–water partition coefficient (Wildman–Crippen LogP) is 3.56. The zero-order valence-corrected chi connectivity index (χ0v) is 16.9. The number of aromatic nitrogens is 4. The zero-order valence-electron chi connectivity index (χ0n) is 16.9. The van der Waals surface area contributed by atoms with Crippen LogP contribution in [0.1, 0.15) is 29.5 Å². The fraction of sp³-hybridized carbons (Fsp3) is 0.238. The molecule has 0 aromatic carbocycles. The number of aryl methyl sites for hydroxylation is 1. The number of hydrogen-bond donors (Lipinski definition) is 1. The second kappa shape index (κ2) is 8.21. The average molecular weight is 428 g/mol. The largest absolute Gasteiger partial charge is 0.349 e. The Morgan fingerprint density at radius 1 is 1.16 bits per heavy atom. The highest BCUT2D eigenvalue weighted by molar-refractivity contribution is 6.03. The van der Waals surface area contributed by atoms with E-state index in [1.165, 1.54) is 23.0 Å². The van der Waals surface area contributed by atoms with Gasteiger partial charge in [0.05, 0.1) is 18.1 Å². The van der Waals surface area contributed by atoms with Crippen molar-refractivity contribution in [3.8, 4) is 0 Å². The first-order valence-electron chi connectivity index (χ1n) is 9.54. The Labute approximate surface area is 176 Å². The monoisotopic (exact) mass is 428 g/mol. The summed E-state index contributed by atoms with van der Waals surface area (Å²) in [4.78, 5) is 21.9. The van der Waals surface area contributed by atoms with Gasteiger partial charge in [-0.15, -0.1) is 0 Å². The number of hydrogen-bond acceptors (Lipinski definition) is 5. The summed E-state index contributed by atoms with van der Waals surface area (Å²) in [5, 5.41) is 6.39. The molecule has 0 atom stereocenters. The number of amides is 1. The van der Waals surface area contributed by atoms with Crippen molar-refractivity contribution in [3.05, 3.63) is 71.2 Å². The quantitative estimate of drug-likeness (QED) is 0.688. The maximum Gasteiger partial charge on any atom is 0.276 e. The van der Waals surface area contributed by atoms with E-state index in [1.54, 1.807) is 13.1 Å². The third-order valence-corrected chi connectivity index (χ3v) is 5.17. The van der Waals surface area contributed by atoms with Gasteiger partial charge in [-0.1, -0.05) is 5.57 Å². The molecule has 4 rings (SSSR count). The van der Waals surface area contributed by atoms with Gasteiger partial charge in [0.2, 0.25) is 0 Å². The van der Waals surface area contributed by atoms with Gasteiger partial charge in [-0.25, -0.2) is 18.2 Å². The van der Waals surface area contributed by atoms with Crippen molar-refractivity contribution in [1.82, 2.24) is 19.7 Å². The highest BCUT2D eigenvalue weighted by atomic mass is 19.1. The van der Waals surface area contributed by atoms with E-state index in [9.17, 15) is 18.0 Å². The van der Waals surface area contributed by atoms with Crippen molar-refractivity contribution in [2.24, 2.45) is 7.05 Å². The van der Waals surface area contributed by atoms with E-state index in [4.69, 9.17) is 0 Å².